The van der Waals surface area contributed by atoms with Crippen molar-refractivity contribution in [3.63, 3.8) is 0 Å². The van der Waals surface area contributed by atoms with Crippen molar-refractivity contribution in [2.24, 2.45) is 0 Å². The summed E-state index contributed by atoms with van der Waals surface area (Å²) < 4.78 is 28.7. The first kappa shape index (κ1) is 13.0. The summed E-state index contributed by atoms with van der Waals surface area (Å²) >= 11 is 5.72. The second-order valence-electron chi connectivity index (χ2n) is 3.21. The van der Waals surface area contributed by atoms with Gasteiger partial charge < -0.3 is 4.74 Å². The van der Waals surface area contributed by atoms with Crippen LogP contribution in [0.1, 0.15) is 18.9 Å². The van der Waals surface area contributed by atoms with Crippen molar-refractivity contribution < 1.29 is 13.5 Å². The predicted molar refractivity (Wildman–Crippen MR) is 62.1 cm³/mol. The third-order valence-corrected chi connectivity index (χ3v) is 2.46. The van der Waals surface area contributed by atoms with Gasteiger partial charge in [0.05, 0.1) is 0 Å². The highest BCUT2D eigenvalue weighted by atomic mass is 35.5. The van der Waals surface area contributed by atoms with Gasteiger partial charge in [0.2, 0.25) is 0 Å². The molecule has 1 rings (SSSR count). The van der Waals surface area contributed by atoms with Crippen molar-refractivity contribution >= 4 is 17.7 Å². The van der Waals surface area contributed by atoms with Gasteiger partial charge in [-0.1, -0.05) is 36.8 Å². The van der Waals surface area contributed by atoms with Crippen molar-refractivity contribution in [2.75, 3.05) is 5.88 Å². The van der Waals surface area contributed by atoms with E-state index in [0.29, 0.717) is 11.4 Å². The standard InChI is InChI=1S/C12H13ClF2O/c1-2-9(8-13)7-10-5-3-4-6-11(10)16-12(14)15/h3-7,12H,2,8H2,1H3. The van der Waals surface area contributed by atoms with Gasteiger partial charge >= 0.3 is 6.61 Å². The lowest BCUT2D eigenvalue weighted by atomic mass is 10.1. The van der Waals surface area contributed by atoms with Crippen LogP contribution >= 0.6 is 11.6 Å². The second kappa shape index (κ2) is 6.48. The molecule has 0 atom stereocenters. The summed E-state index contributed by atoms with van der Waals surface area (Å²) in [5.41, 5.74) is 1.60. The van der Waals surface area contributed by atoms with E-state index in [4.69, 9.17) is 11.6 Å². The zero-order chi connectivity index (χ0) is 12.0. The van der Waals surface area contributed by atoms with Gasteiger partial charge in [0.1, 0.15) is 5.75 Å². The molecule has 0 aliphatic carbocycles. The first-order chi connectivity index (χ1) is 7.67. The number of hydrogen-bond donors (Lipinski definition) is 0. The van der Waals surface area contributed by atoms with Gasteiger partial charge in [0.25, 0.3) is 0 Å². The highest BCUT2D eigenvalue weighted by molar-refractivity contribution is 6.19. The van der Waals surface area contributed by atoms with E-state index < -0.39 is 6.61 Å². The Morgan fingerprint density at radius 1 is 1.44 bits per heavy atom. The highest BCUT2D eigenvalue weighted by Gasteiger charge is 2.07. The van der Waals surface area contributed by atoms with Gasteiger partial charge in [0.15, 0.2) is 0 Å². The van der Waals surface area contributed by atoms with E-state index in [1.165, 1.54) is 6.07 Å². The molecule has 16 heavy (non-hydrogen) atoms. The van der Waals surface area contributed by atoms with Crippen molar-refractivity contribution in [3.8, 4) is 5.75 Å². The lowest BCUT2D eigenvalue weighted by molar-refractivity contribution is -0.0499. The quantitative estimate of drug-likeness (QED) is 0.703. The van der Waals surface area contributed by atoms with Gasteiger partial charge in [-0.05, 0) is 12.5 Å². The van der Waals surface area contributed by atoms with Crippen molar-refractivity contribution in [1.29, 1.82) is 0 Å². The SMILES string of the molecule is CCC(=Cc1ccccc1OC(F)F)CCl. The fourth-order valence-corrected chi connectivity index (χ4v) is 1.52. The van der Waals surface area contributed by atoms with Crippen LogP contribution in [-0.2, 0) is 0 Å². The minimum absolute atomic E-state index is 0.175. The van der Waals surface area contributed by atoms with Crippen LogP contribution in [-0.4, -0.2) is 12.5 Å². The maximum atomic E-state index is 12.1. The molecule has 0 N–H and O–H groups in total. The van der Waals surface area contributed by atoms with Gasteiger partial charge in [-0.2, -0.15) is 8.78 Å². The summed E-state index contributed by atoms with van der Waals surface area (Å²) in [6, 6.07) is 6.66. The van der Waals surface area contributed by atoms with Crippen LogP contribution < -0.4 is 4.74 Å². The molecule has 0 aliphatic rings. The zero-order valence-corrected chi connectivity index (χ0v) is 9.68. The molecule has 0 fully saturated rings. The molecule has 0 aliphatic heterocycles. The lowest BCUT2D eigenvalue weighted by Gasteiger charge is -2.08. The minimum Gasteiger partial charge on any atom is -0.434 e. The van der Waals surface area contributed by atoms with Crippen LogP contribution in [0.2, 0.25) is 0 Å². The molecule has 0 amide bonds. The first-order valence-corrected chi connectivity index (χ1v) is 5.50. The monoisotopic (exact) mass is 246 g/mol. The van der Waals surface area contributed by atoms with Crippen LogP contribution in [0.3, 0.4) is 0 Å². The normalized spacial score (nSPS) is 11.9. The molecule has 0 heterocycles. The minimum atomic E-state index is -2.81. The molecule has 0 unspecified atom stereocenters. The molecule has 1 aromatic carbocycles. The van der Waals surface area contributed by atoms with E-state index in [1.807, 2.05) is 6.92 Å². The Bertz CT molecular complexity index is 358. The average Bonchev–Trinajstić information content (AvgIpc) is 2.27. The fraction of sp³-hybridized carbons (Fsp3) is 0.333. The van der Waals surface area contributed by atoms with Gasteiger partial charge in [0, 0.05) is 11.4 Å². The van der Waals surface area contributed by atoms with E-state index in [1.54, 1.807) is 24.3 Å². The van der Waals surface area contributed by atoms with E-state index in [-0.39, 0.29) is 5.75 Å². The molecule has 88 valence electrons. The molecule has 1 nitrogen and oxygen atoms in total. The van der Waals surface area contributed by atoms with Crippen LogP contribution in [0.4, 0.5) is 8.78 Å². The van der Waals surface area contributed by atoms with Crippen LogP contribution in [0, 0.1) is 0 Å². The number of halogens is 3. The molecule has 0 aromatic heterocycles. The molecule has 0 saturated heterocycles. The van der Waals surface area contributed by atoms with Crippen LogP contribution in [0.25, 0.3) is 6.08 Å². The summed E-state index contributed by atoms with van der Waals surface area (Å²) in [6.45, 7) is -0.847. The van der Waals surface area contributed by atoms with E-state index >= 15 is 0 Å². The maximum absolute atomic E-state index is 12.1. The first-order valence-electron chi connectivity index (χ1n) is 4.96. The largest absolute Gasteiger partial charge is 0.434 e. The van der Waals surface area contributed by atoms with Crippen molar-refractivity contribution in [2.45, 2.75) is 20.0 Å². The fourth-order valence-electron chi connectivity index (χ4n) is 1.26. The summed E-state index contributed by atoms with van der Waals surface area (Å²) in [6.07, 6.45) is 2.57. The van der Waals surface area contributed by atoms with Gasteiger partial charge in [-0.25, -0.2) is 0 Å². The van der Waals surface area contributed by atoms with Crippen LogP contribution in [0.5, 0.6) is 5.75 Å². The average molecular weight is 247 g/mol. The summed E-state index contributed by atoms with van der Waals surface area (Å²) in [5, 5.41) is 0. The Kier molecular flexibility index (Phi) is 5.26. The van der Waals surface area contributed by atoms with Crippen molar-refractivity contribution in [1.82, 2.24) is 0 Å². The Labute approximate surface area is 98.7 Å². The number of para-hydroxylation sites is 1. The number of hydrogen-bond acceptors (Lipinski definition) is 1. The number of alkyl halides is 3. The van der Waals surface area contributed by atoms with Gasteiger partial charge in [-0.15, -0.1) is 11.6 Å². The summed E-state index contributed by atoms with van der Waals surface area (Å²) in [7, 11) is 0. The molecular formula is C12H13ClF2O. The Morgan fingerprint density at radius 2 is 2.12 bits per heavy atom. The second-order valence-corrected chi connectivity index (χ2v) is 3.47. The molecule has 1 aromatic rings. The van der Waals surface area contributed by atoms with Crippen molar-refractivity contribution in [3.05, 3.63) is 35.4 Å². The Hall–Kier alpha value is -1.09. The third kappa shape index (κ3) is 3.81. The molecule has 0 radical (unpaired) electrons. The lowest BCUT2D eigenvalue weighted by Crippen LogP contribution is -2.03. The molecule has 0 saturated carbocycles. The topological polar surface area (TPSA) is 9.23 Å². The molecule has 0 bridgehead atoms. The van der Waals surface area contributed by atoms with Gasteiger partial charge in [-0.3, -0.25) is 0 Å². The smallest absolute Gasteiger partial charge is 0.387 e. The molecule has 4 heteroatoms. The highest BCUT2D eigenvalue weighted by Crippen LogP contribution is 2.23. The molecule has 0 spiro atoms. The summed E-state index contributed by atoms with van der Waals surface area (Å²) in [5.74, 6) is 0.563. The van der Waals surface area contributed by atoms with E-state index in [0.717, 1.165) is 12.0 Å². The zero-order valence-electron chi connectivity index (χ0n) is 8.92. The number of rotatable bonds is 5. The molecular weight excluding hydrogens is 234 g/mol. The maximum Gasteiger partial charge on any atom is 0.387 e. The predicted octanol–water partition coefficient (Wildman–Crippen LogP) is 4.32. The number of allylic oxidation sites excluding steroid dienone is 1. The van der Waals surface area contributed by atoms with E-state index in [2.05, 4.69) is 4.74 Å². The summed E-state index contributed by atoms with van der Waals surface area (Å²) in [4.78, 5) is 0. The third-order valence-electron chi connectivity index (χ3n) is 2.12. The van der Waals surface area contributed by atoms with E-state index in [9.17, 15) is 8.78 Å². The Balaban J connectivity index is 2.98. The Morgan fingerprint density at radius 3 is 2.69 bits per heavy atom. The number of ether oxygens (including phenoxy) is 1. The number of benzene rings is 1. The van der Waals surface area contributed by atoms with Crippen LogP contribution in [0.15, 0.2) is 29.8 Å².